The summed E-state index contributed by atoms with van der Waals surface area (Å²) in [6, 6.07) is 3.48. The SMILES string of the molecule is CC(C)CC(NC1CCC(Oc2cc(F)c(-n3c(N)c(C(=O)C4(C)C=CC(F)=CC4)ccc3=O)c(F)c2)CC1)C(=O)O. The predicted molar refractivity (Wildman–Crippen MR) is 152 cm³/mol. The van der Waals surface area contributed by atoms with Gasteiger partial charge in [-0.05, 0) is 69.6 Å². The van der Waals surface area contributed by atoms with Gasteiger partial charge in [-0.1, -0.05) is 19.9 Å². The van der Waals surface area contributed by atoms with Crippen LogP contribution in [0.2, 0.25) is 0 Å². The number of halogens is 3. The minimum absolute atomic E-state index is 0.00760. The van der Waals surface area contributed by atoms with Crippen LogP contribution in [-0.4, -0.2) is 39.6 Å². The fourth-order valence-corrected chi connectivity index (χ4v) is 5.52. The van der Waals surface area contributed by atoms with E-state index in [0.29, 0.717) is 36.7 Å². The number of aliphatic carboxylic acids is 1. The second-order valence-corrected chi connectivity index (χ2v) is 11.7. The second-order valence-electron chi connectivity index (χ2n) is 11.7. The zero-order valence-corrected chi connectivity index (χ0v) is 23.8. The quantitative estimate of drug-likeness (QED) is 0.315. The standard InChI is InChI=1S/C31H36F3N3O5/c1-17(2)14-25(30(40)41)36-19-4-6-20(7-5-19)42-21-15-23(33)27(24(34)16-21)37-26(38)9-8-22(29(37)35)28(39)31(3)12-10-18(32)11-13-31/h8-12,15-17,19-20,25,36H,4-7,13-14,35H2,1-3H3,(H,40,41). The molecule has 1 aromatic heterocycles. The molecule has 0 spiro atoms. The molecular weight excluding hydrogens is 551 g/mol. The number of Topliss-reactive ketones (excluding diaryl/α,β-unsaturated/α-hetero) is 1. The first kappa shape index (κ1) is 31.1. The van der Waals surface area contributed by atoms with Crippen LogP contribution in [0.4, 0.5) is 19.0 Å². The Balaban J connectivity index is 1.50. The molecule has 1 saturated carbocycles. The summed E-state index contributed by atoms with van der Waals surface area (Å²) in [4.78, 5) is 37.6. The van der Waals surface area contributed by atoms with E-state index in [2.05, 4.69) is 5.32 Å². The average molecular weight is 588 g/mol. The molecule has 0 aliphatic heterocycles. The van der Waals surface area contributed by atoms with Gasteiger partial charge in [0.15, 0.2) is 17.4 Å². The van der Waals surface area contributed by atoms with Crippen LogP contribution in [0, 0.1) is 23.0 Å². The fraction of sp³-hybridized carbons (Fsp3) is 0.452. The van der Waals surface area contributed by atoms with Gasteiger partial charge in [-0.15, -0.1) is 0 Å². The van der Waals surface area contributed by atoms with Gasteiger partial charge in [0.2, 0.25) is 0 Å². The van der Waals surface area contributed by atoms with Crippen molar-refractivity contribution >= 4 is 17.6 Å². The summed E-state index contributed by atoms with van der Waals surface area (Å²) < 4.78 is 50.7. The van der Waals surface area contributed by atoms with Crippen LogP contribution in [-0.2, 0) is 4.79 Å². The number of aromatic nitrogens is 1. The van der Waals surface area contributed by atoms with Gasteiger partial charge in [0.1, 0.15) is 29.1 Å². The van der Waals surface area contributed by atoms with Crippen LogP contribution in [0.5, 0.6) is 5.75 Å². The van der Waals surface area contributed by atoms with Crippen LogP contribution < -0.4 is 21.3 Å². The van der Waals surface area contributed by atoms with Crippen molar-refractivity contribution in [2.75, 3.05) is 5.73 Å². The zero-order chi connectivity index (χ0) is 30.8. The van der Waals surface area contributed by atoms with Crippen molar-refractivity contribution < 1.29 is 32.6 Å². The van der Waals surface area contributed by atoms with Gasteiger partial charge in [-0.25, -0.2) is 13.2 Å². The lowest BCUT2D eigenvalue weighted by Crippen LogP contribution is -2.46. The van der Waals surface area contributed by atoms with Gasteiger partial charge in [0.25, 0.3) is 5.56 Å². The van der Waals surface area contributed by atoms with Gasteiger partial charge < -0.3 is 20.9 Å². The third kappa shape index (κ3) is 6.78. The molecule has 8 nitrogen and oxygen atoms in total. The van der Waals surface area contributed by atoms with Crippen LogP contribution in [0.25, 0.3) is 5.69 Å². The number of ether oxygens (including phenoxy) is 1. The third-order valence-corrected chi connectivity index (χ3v) is 7.86. The number of hydrogen-bond acceptors (Lipinski definition) is 6. The Bertz CT molecular complexity index is 1450. The average Bonchev–Trinajstić information content (AvgIpc) is 2.92. The molecule has 0 saturated heterocycles. The largest absolute Gasteiger partial charge is 0.490 e. The maximum absolute atomic E-state index is 15.4. The molecule has 0 radical (unpaired) electrons. The Kier molecular flexibility index (Phi) is 9.30. The first-order chi connectivity index (χ1) is 19.8. The topological polar surface area (TPSA) is 124 Å². The van der Waals surface area contributed by atoms with Gasteiger partial charge in [-0.3, -0.25) is 19.0 Å². The van der Waals surface area contributed by atoms with Crippen molar-refractivity contribution in [1.29, 1.82) is 0 Å². The summed E-state index contributed by atoms with van der Waals surface area (Å²) in [6.07, 6.45) is 6.42. The van der Waals surface area contributed by atoms with Crippen molar-refractivity contribution in [1.82, 2.24) is 9.88 Å². The normalized spacial score (nSPS) is 23.0. The summed E-state index contributed by atoms with van der Waals surface area (Å²) in [5.41, 5.74) is 3.29. The van der Waals surface area contributed by atoms with E-state index in [1.54, 1.807) is 6.92 Å². The minimum Gasteiger partial charge on any atom is -0.490 e. The number of benzene rings is 1. The number of allylic oxidation sites excluding steroid dienone is 4. The predicted octanol–water partition coefficient (Wildman–Crippen LogP) is 5.48. The number of ketones is 1. The number of nitrogen functional groups attached to an aromatic ring is 1. The molecule has 42 heavy (non-hydrogen) atoms. The minimum atomic E-state index is -1.15. The van der Waals surface area contributed by atoms with E-state index < -0.39 is 57.7 Å². The molecule has 1 fully saturated rings. The molecule has 2 unspecified atom stereocenters. The number of anilines is 1. The lowest BCUT2D eigenvalue weighted by atomic mass is 9.77. The number of carboxylic acid groups (broad SMARTS) is 1. The van der Waals surface area contributed by atoms with E-state index in [1.165, 1.54) is 18.2 Å². The Morgan fingerprint density at radius 1 is 1.14 bits per heavy atom. The highest BCUT2D eigenvalue weighted by atomic mass is 19.1. The Hall–Kier alpha value is -3.86. The van der Waals surface area contributed by atoms with Crippen molar-refractivity contribution in [2.45, 2.75) is 77.5 Å². The van der Waals surface area contributed by atoms with Crippen LogP contribution in [0.1, 0.15) is 69.7 Å². The van der Waals surface area contributed by atoms with Gasteiger partial charge in [0, 0.05) is 24.2 Å². The molecule has 1 heterocycles. The van der Waals surface area contributed by atoms with Crippen LogP contribution in [0.15, 0.2) is 53.1 Å². The fourth-order valence-electron chi connectivity index (χ4n) is 5.52. The number of carboxylic acids is 1. The van der Waals surface area contributed by atoms with Gasteiger partial charge in [-0.2, -0.15) is 0 Å². The van der Waals surface area contributed by atoms with Crippen molar-refractivity contribution in [3.63, 3.8) is 0 Å². The molecule has 2 aliphatic rings. The maximum Gasteiger partial charge on any atom is 0.320 e. The molecule has 2 aromatic rings. The lowest BCUT2D eigenvalue weighted by molar-refractivity contribution is -0.140. The first-order valence-corrected chi connectivity index (χ1v) is 14.0. The van der Waals surface area contributed by atoms with E-state index >= 15 is 8.78 Å². The molecule has 4 N–H and O–H groups in total. The van der Waals surface area contributed by atoms with E-state index in [9.17, 15) is 23.9 Å². The van der Waals surface area contributed by atoms with Gasteiger partial charge >= 0.3 is 5.97 Å². The van der Waals surface area contributed by atoms with Crippen molar-refractivity contribution in [3.8, 4) is 11.4 Å². The molecular formula is C31H36F3N3O5. The second kappa shape index (κ2) is 12.6. The molecule has 0 bridgehead atoms. The number of hydrogen-bond donors (Lipinski definition) is 3. The number of nitrogens with zero attached hydrogens (tertiary/aromatic N) is 1. The molecule has 226 valence electrons. The van der Waals surface area contributed by atoms with Crippen LogP contribution >= 0.6 is 0 Å². The molecule has 4 rings (SSSR count). The van der Waals surface area contributed by atoms with E-state index in [0.717, 1.165) is 24.3 Å². The summed E-state index contributed by atoms with van der Waals surface area (Å²) >= 11 is 0. The molecule has 1 aromatic carbocycles. The zero-order valence-electron chi connectivity index (χ0n) is 23.8. The number of carbonyl (C=O) groups excluding carboxylic acids is 1. The van der Waals surface area contributed by atoms with Crippen molar-refractivity contribution in [2.24, 2.45) is 11.3 Å². The van der Waals surface area contributed by atoms with E-state index in [4.69, 9.17) is 10.5 Å². The number of pyridine rings is 1. The summed E-state index contributed by atoms with van der Waals surface area (Å²) in [5.74, 6) is -4.40. The number of carbonyl (C=O) groups is 2. The van der Waals surface area contributed by atoms with Crippen LogP contribution in [0.3, 0.4) is 0 Å². The summed E-state index contributed by atoms with van der Waals surface area (Å²) in [5, 5.41) is 12.7. The summed E-state index contributed by atoms with van der Waals surface area (Å²) in [7, 11) is 0. The third-order valence-electron chi connectivity index (χ3n) is 7.86. The number of nitrogens with one attached hydrogen (secondary N) is 1. The Morgan fingerprint density at radius 2 is 1.79 bits per heavy atom. The van der Waals surface area contributed by atoms with Crippen molar-refractivity contribution in [3.05, 3.63) is 75.9 Å². The Labute approximate surface area is 242 Å². The smallest absolute Gasteiger partial charge is 0.320 e. The maximum atomic E-state index is 15.4. The highest BCUT2D eigenvalue weighted by Gasteiger charge is 2.35. The van der Waals surface area contributed by atoms with E-state index in [-0.39, 0.29) is 35.8 Å². The first-order valence-electron chi connectivity index (χ1n) is 14.0. The monoisotopic (exact) mass is 587 g/mol. The molecule has 11 heteroatoms. The molecule has 2 atom stereocenters. The molecule has 0 amide bonds. The number of nitrogens with two attached hydrogens (primary N) is 1. The lowest BCUT2D eigenvalue weighted by Gasteiger charge is -2.32. The Morgan fingerprint density at radius 3 is 2.33 bits per heavy atom. The highest BCUT2D eigenvalue weighted by Crippen LogP contribution is 2.36. The van der Waals surface area contributed by atoms with Gasteiger partial charge in [0.05, 0.1) is 17.1 Å². The van der Waals surface area contributed by atoms with E-state index in [1.807, 2.05) is 13.8 Å². The highest BCUT2D eigenvalue weighted by molar-refractivity contribution is 6.05. The summed E-state index contributed by atoms with van der Waals surface area (Å²) in [6.45, 7) is 5.50. The molecule has 2 aliphatic carbocycles. The number of rotatable bonds is 10.